The summed E-state index contributed by atoms with van der Waals surface area (Å²) in [6.07, 6.45) is 5.75. The van der Waals surface area contributed by atoms with Crippen molar-refractivity contribution in [3.63, 3.8) is 0 Å². The molecule has 0 amide bonds. The maximum absolute atomic E-state index is 3.51. The first-order valence-corrected chi connectivity index (χ1v) is 3.65. The Morgan fingerprint density at radius 2 is 2.33 bits per heavy atom. The van der Waals surface area contributed by atoms with Gasteiger partial charge < -0.3 is 0 Å². The molecule has 0 aliphatic carbocycles. The molecular weight excluding hydrogens is 108 g/mol. The van der Waals surface area contributed by atoms with Crippen LogP contribution in [0.3, 0.4) is 0 Å². The average molecular weight is 124 g/mol. The largest absolute Gasteiger partial charge is 0.133 e. The van der Waals surface area contributed by atoms with Gasteiger partial charge in [-0.15, -0.1) is 5.73 Å². The van der Waals surface area contributed by atoms with Gasteiger partial charge in [-0.2, -0.15) is 0 Å². The monoisotopic (exact) mass is 124 g/mol. The molecule has 0 saturated heterocycles. The fraction of sp³-hybridized carbons (Fsp3) is 0.667. The summed E-state index contributed by atoms with van der Waals surface area (Å²) < 4.78 is 0. The molecule has 0 aliphatic heterocycles. The van der Waals surface area contributed by atoms with Crippen molar-refractivity contribution >= 4 is 0 Å². The molecule has 1 unspecified atom stereocenters. The zero-order valence-corrected chi connectivity index (χ0v) is 6.48. The van der Waals surface area contributed by atoms with Crippen molar-refractivity contribution in [3.05, 3.63) is 18.4 Å². The molecule has 0 aromatic carbocycles. The molecule has 0 fully saturated rings. The standard InChI is InChI=1S/C9H16/c1-4-6-8-9(3)7-5-2/h6,9H,1,5,7-8H2,2-3H3. The molecule has 0 saturated carbocycles. The second-order valence-corrected chi connectivity index (χ2v) is 2.54. The smallest absolute Gasteiger partial charge is 0.0249 e. The summed E-state index contributed by atoms with van der Waals surface area (Å²) in [7, 11) is 0. The summed E-state index contributed by atoms with van der Waals surface area (Å²) in [6, 6.07) is 0. The lowest BCUT2D eigenvalue weighted by Gasteiger charge is -2.03. The second-order valence-electron chi connectivity index (χ2n) is 2.54. The molecule has 0 radical (unpaired) electrons. The molecule has 0 spiro atoms. The van der Waals surface area contributed by atoms with Crippen molar-refractivity contribution < 1.29 is 0 Å². The Morgan fingerprint density at radius 1 is 1.67 bits per heavy atom. The van der Waals surface area contributed by atoms with Gasteiger partial charge in [0.2, 0.25) is 0 Å². The number of hydrogen-bond donors (Lipinski definition) is 0. The fourth-order valence-electron chi connectivity index (χ4n) is 0.895. The van der Waals surface area contributed by atoms with Crippen molar-refractivity contribution in [1.29, 1.82) is 0 Å². The van der Waals surface area contributed by atoms with E-state index in [1.807, 2.05) is 6.08 Å². The van der Waals surface area contributed by atoms with Crippen LogP contribution in [0.5, 0.6) is 0 Å². The molecule has 9 heavy (non-hydrogen) atoms. The number of rotatable bonds is 4. The predicted octanol–water partition coefficient (Wildman–Crippen LogP) is 3.15. The van der Waals surface area contributed by atoms with Gasteiger partial charge in [0.1, 0.15) is 0 Å². The molecule has 0 aromatic rings. The molecule has 0 heteroatoms. The first-order chi connectivity index (χ1) is 4.31. The van der Waals surface area contributed by atoms with Crippen LogP contribution in [0.2, 0.25) is 0 Å². The van der Waals surface area contributed by atoms with Crippen LogP contribution in [-0.4, -0.2) is 0 Å². The summed E-state index contributed by atoms with van der Waals surface area (Å²) >= 11 is 0. The minimum atomic E-state index is 0.809. The molecule has 0 rings (SSSR count). The molecular formula is C9H16. The third kappa shape index (κ3) is 5.39. The van der Waals surface area contributed by atoms with E-state index in [9.17, 15) is 0 Å². The minimum absolute atomic E-state index is 0.809. The fourth-order valence-corrected chi connectivity index (χ4v) is 0.895. The topological polar surface area (TPSA) is 0 Å². The first-order valence-electron chi connectivity index (χ1n) is 3.65. The van der Waals surface area contributed by atoms with Gasteiger partial charge in [-0.25, -0.2) is 0 Å². The van der Waals surface area contributed by atoms with Gasteiger partial charge in [0.15, 0.2) is 0 Å². The zero-order chi connectivity index (χ0) is 7.11. The summed E-state index contributed by atoms with van der Waals surface area (Å²) in [4.78, 5) is 0. The van der Waals surface area contributed by atoms with Crippen LogP contribution in [0.4, 0.5) is 0 Å². The van der Waals surface area contributed by atoms with Gasteiger partial charge >= 0.3 is 0 Å². The van der Waals surface area contributed by atoms with Crippen molar-refractivity contribution in [2.45, 2.75) is 33.1 Å². The van der Waals surface area contributed by atoms with Gasteiger partial charge in [-0.3, -0.25) is 0 Å². The van der Waals surface area contributed by atoms with Crippen LogP contribution >= 0.6 is 0 Å². The van der Waals surface area contributed by atoms with Crippen LogP contribution < -0.4 is 0 Å². The van der Waals surface area contributed by atoms with Crippen molar-refractivity contribution in [1.82, 2.24) is 0 Å². The second kappa shape index (κ2) is 5.65. The van der Waals surface area contributed by atoms with Crippen molar-refractivity contribution in [2.75, 3.05) is 0 Å². The van der Waals surface area contributed by atoms with Crippen LogP contribution in [0, 0.1) is 5.92 Å². The highest BCUT2D eigenvalue weighted by atomic mass is 14.0. The van der Waals surface area contributed by atoms with E-state index in [-0.39, 0.29) is 0 Å². The molecule has 0 nitrogen and oxygen atoms in total. The molecule has 0 heterocycles. The van der Waals surface area contributed by atoms with Crippen LogP contribution in [0.15, 0.2) is 18.4 Å². The Bertz CT molecular complexity index is 96.6. The Hall–Kier alpha value is -0.480. The van der Waals surface area contributed by atoms with Crippen molar-refractivity contribution in [2.24, 2.45) is 5.92 Å². The van der Waals surface area contributed by atoms with E-state index >= 15 is 0 Å². The van der Waals surface area contributed by atoms with E-state index in [0.717, 1.165) is 12.3 Å². The third-order valence-corrected chi connectivity index (χ3v) is 1.45. The van der Waals surface area contributed by atoms with Crippen molar-refractivity contribution in [3.8, 4) is 0 Å². The molecule has 0 aromatic heterocycles. The van der Waals surface area contributed by atoms with Crippen LogP contribution in [0.25, 0.3) is 0 Å². The normalized spacial score (nSPS) is 12.2. The van der Waals surface area contributed by atoms with E-state index in [0.29, 0.717) is 0 Å². The predicted molar refractivity (Wildman–Crippen MR) is 42.4 cm³/mol. The Morgan fingerprint density at radius 3 is 2.78 bits per heavy atom. The maximum atomic E-state index is 3.51. The highest BCUT2D eigenvalue weighted by Crippen LogP contribution is 2.09. The van der Waals surface area contributed by atoms with E-state index in [1.54, 1.807) is 0 Å². The Labute approximate surface area is 58.3 Å². The van der Waals surface area contributed by atoms with Gasteiger partial charge in [-0.05, 0) is 18.4 Å². The lowest BCUT2D eigenvalue weighted by atomic mass is 10.0. The molecule has 52 valence electrons. The van der Waals surface area contributed by atoms with E-state index < -0.39 is 0 Å². The van der Waals surface area contributed by atoms with Gasteiger partial charge in [0, 0.05) is 0 Å². The van der Waals surface area contributed by atoms with Gasteiger partial charge in [0.05, 0.1) is 0 Å². The Balaban J connectivity index is 3.25. The molecule has 0 bridgehead atoms. The Kier molecular flexibility index (Phi) is 5.35. The van der Waals surface area contributed by atoms with E-state index in [4.69, 9.17) is 0 Å². The summed E-state index contributed by atoms with van der Waals surface area (Å²) in [5.74, 6) is 0.809. The quantitative estimate of drug-likeness (QED) is 0.505. The van der Waals surface area contributed by atoms with Crippen LogP contribution in [-0.2, 0) is 0 Å². The highest BCUT2D eigenvalue weighted by molar-refractivity contribution is 4.77. The summed E-state index contributed by atoms with van der Waals surface area (Å²) in [5, 5.41) is 0. The number of hydrogen-bond acceptors (Lipinski definition) is 0. The van der Waals surface area contributed by atoms with Crippen LogP contribution in [0.1, 0.15) is 33.1 Å². The molecule has 0 aliphatic rings. The lowest BCUT2D eigenvalue weighted by Crippen LogP contribution is -1.89. The third-order valence-electron chi connectivity index (χ3n) is 1.45. The lowest BCUT2D eigenvalue weighted by molar-refractivity contribution is 0.532. The van der Waals surface area contributed by atoms with E-state index in [1.165, 1.54) is 12.8 Å². The first kappa shape index (κ1) is 8.52. The number of allylic oxidation sites excluding steroid dienone is 1. The summed E-state index contributed by atoms with van der Waals surface area (Å²) in [5.41, 5.74) is 2.78. The zero-order valence-electron chi connectivity index (χ0n) is 6.48. The highest BCUT2D eigenvalue weighted by Gasteiger charge is 1.94. The maximum Gasteiger partial charge on any atom is -0.0249 e. The van der Waals surface area contributed by atoms with E-state index in [2.05, 4.69) is 26.2 Å². The average Bonchev–Trinajstić information content (AvgIpc) is 1.85. The molecule has 0 N–H and O–H groups in total. The minimum Gasteiger partial charge on any atom is -0.133 e. The van der Waals surface area contributed by atoms with Gasteiger partial charge in [0.25, 0.3) is 0 Å². The summed E-state index contributed by atoms with van der Waals surface area (Å²) in [6.45, 7) is 7.99. The van der Waals surface area contributed by atoms with Gasteiger partial charge in [-0.1, -0.05) is 33.3 Å². The SMILES string of the molecule is C=C=CCC(C)CCC. The molecule has 1 atom stereocenters.